The second-order valence-electron chi connectivity index (χ2n) is 9.59. The van der Waals surface area contributed by atoms with Crippen molar-refractivity contribution in [2.24, 2.45) is 0 Å². The van der Waals surface area contributed by atoms with E-state index in [9.17, 15) is 9.59 Å². The molecule has 6 rings (SSSR count). The van der Waals surface area contributed by atoms with Gasteiger partial charge in [0, 0.05) is 17.2 Å². The van der Waals surface area contributed by atoms with Crippen molar-refractivity contribution in [1.29, 1.82) is 0 Å². The highest BCUT2D eigenvalue weighted by atomic mass is 16.5. The molecule has 0 bridgehead atoms. The summed E-state index contributed by atoms with van der Waals surface area (Å²) in [6.07, 6.45) is 2.83. The molecule has 2 aliphatic rings. The fraction of sp³-hybridized carbons (Fsp3) is 0.118. The summed E-state index contributed by atoms with van der Waals surface area (Å²) in [5, 5.41) is 0. The highest BCUT2D eigenvalue weighted by Crippen LogP contribution is 2.62. The lowest BCUT2D eigenvalue weighted by atomic mass is 9.71. The summed E-state index contributed by atoms with van der Waals surface area (Å²) in [6, 6.07) is 34.9. The van der Waals surface area contributed by atoms with Crippen molar-refractivity contribution in [3.05, 3.63) is 143 Å². The summed E-state index contributed by atoms with van der Waals surface area (Å²) in [5.41, 5.74) is 4.33. The molecular formula is C34H27NO4. The van der Waals surface area contributed by atoms with Gasteiger partial charge in [0.2, 0.25) is 0 Å². The van der Waals surface area contributed by atoms with E-state index in [0.717, 1.165) is 40.0 Å². The summed E-state index contributed by atoms with van der Waals surface area (Å²) in [6.45, 7) is 0. The molecule has 4 aromatic carbocycles. The number of hydrogen-bond donors (Lipinski definition) is 0. The van der Waals surface area contributed by atoms with Crippen molar-refractivity contribution in [1.82, 2.24) is 0 Å². The Balaban J connectivity index is 1.73. The van der Waals surface area contributed by atoms with Crippen LogP contribution in [0.4, 0.5) is 5.69 Å². The van der Waals surface area contributed by atoms with E-state index in [4.69, 9.17) is 9.47 Å². The summed E-state index contributed by atoms with van der Waals surface area (Å²) in [4.78, 5) is 29.2. The van der Waals surface area contributed by atoms with Crippen molar-refractivity contribution in [2.75, 3.05) is 19.1 Å². The number of ether oxygens (including phenoxy) is 2. The number of para-hydroxylation sites is 1. The van der Waals surface area contributed by atoms with Gasteiger partial charge in [-0.2, -0.15) is 0 Å². The summed E-state index contributed by atoms with van der Waals surface area (Å²) in [5.74, 6) is 0.852. The van der Waals surface area contributed by atoms with Gasteiger partial charge in [0.25, 0.3) is 5.91 Å². The number of hydrogen-bond acceptors (Lipinski definition) is 4. The first-order chi connectivity index (χ1) is 19.1. The van der Waals surface area contributed by atoms with Crippen LogP contribution in [0.2, 0.25) is 0 Å². The van der Waals surface area contributed by atoms with Gasteiger partial charge in [-0.15, -0.1) is 0 Å². The normalized spacial score (nSPS) is 20.1. The van der Waals surface area contributed by atoms with E-state index in [-0.39, 0.29) is 5.91 Å². The molecule has 0 saturated heterocycles. The highest BCUT2D eigenvalue weighted by molar-refractivity contribution is 6.32. The largest absolute Gasteiger partial charge is 0.497 e. The van der Waals surface area contributed by atoms with E-state index in [1.54, 1.807) is 14.2 Å². The molecule has 0 saturated carbocycles. The Kier molecular flexibility index (Phi) is 6.12. The molecule has 4 aromatic rings. The van der Waals surface area contributed by atoms with Crippen LogP contribution in [0, 0.1) is 0 Å². The zero-order valence-corrected chi connectivity index (χ0v) is 21.7. The Bertz CT molecular complexity index is 1590. The number of amides is 1. The monoisotopic (exact) mass is 513 g/mol. The van der Waals surface area contributed by atoms with Crippen LogP contribution in [0.15, 0.2) is 126 Å². The predicted octanol–water partition coefficient (Wildman–Crippen LogP) is 6.32. The number of aldehydes is 1. The van der Waals surface area contributed by atoms with E-state index < -0.39 is 11.5 Å². The van der Waals surface area contributed by atoms with Crippen molar-refractivity contribution in [2.45, 2.75) is 11.5 Å². The molecule has 0 fully saturated rings. The lowest BCUT2D eigenvalue weighted by Crippen LogP contribution is -2.49. The quantitative estimate of drug-likeness (QED) is 0.271. The molecule has 192 valence electrons. The van der Waals surface area contributed by atoms with Crippen LogP contribution >= 0.6 is 0 Å². The Morgan fingerprint density at radius 3 is 1.87 bits per heavy atom. The van der Waals surface area contributed by atoms with E-state index in [0.29, 0.717) is 16.9 Å². The minimum Gasteiger partial charge on any atom is -0.497 e. The number of rotatable bonds is 7. The fourth-order valence-corrected chi connectivity index (χ4v) is 6.07. The van der Waals surface area contributed by atoms with E-state index >= 15 is 0 Å². The third-order valence-electron chi connectivity index (χ3n) is 7.70. The van der Waals surface area contributed by atoms with E-state index in [1.165, 1.54) is 0 Å². The lowest BCUT2D eigenvalue weighted by molar-refractivity contribution is -0.114. The Labute approximate surface area is 227 Å². The topological polar surface area (TPSA) is 55.8 Å². The molecule has 0 unspecified atom stereocenters. The average Bonchev–Trinajstić information content (AvgIpc) is 3.46. The molecule has 39 heavy (non-hydrogen) atoms. The van der Waals surface area contributed by atoms with Gasteiger partial charge in [0.05, 0.1) is 19.8 Å². The van der Waals surface area contributed by atoms with Crippen molar-refractivity contribution >= 4 is 23.5 Å². The summed E-state index contributed by atoms with van der Waals surface area (Å²) < 4.78 is 10.9. The standard InChI is InChI=1S/C34H27NO4/c1-38-28-17-13-24(14-18-28)32-25(22-36)21-30-31(23-9-5-3-6-10-23)33(37)35(27-11-7-4-8-12-27)34(30,32)26-15-19-29(39-2)20-16-26/h3-22,32H,1-2H3/t32-,34+/m1/s1. The van der Waals surface area contributed by atoms with Crippen LogP contribution < -0.4 is 14.4 Å². The second kappa shape index (κ2) is 9.76. The molecule has 0 radical (unpaired) electrons. The smallest absolute Gasteiger partial charge is 0.260 e. The summed E-state index contributed by atoms with van der Waals surface area (Å²) in [7, 11) is 3.25. The molecule has 2 atom stereocenters. The number of methoxy groups -OCH3 is 2. The van der Waals surface area contributed by atoms with Gasteiger partial charge in [-0.3, -0.25) is 14.5 Å². The second-order valence-corrected chi connectivity index (χ2v) is 9.59. The van der Waals surface area contributed by atoms with Gasteiger partial charge in [0.1, 0.15) is 23.3 Å². The van der Waals surface area contributed by atoms with Crippen molar-refractivity contribution in [3.8, 4) is 11.5 Å². The van der Waals surface area contributed by atoms with E-state index in [2.05, 4.69) is 0 Å². The van der Waals surface area contributed by atoms with Crippen LogP contribution in [0.25, 0.3) is 5.57 Å². The maximum absolute atomic E-state index is 14.6. The highest BCUT2D eigenvalue weighted by Gasteiger charge is 2.61. The van der Waals surface area contributed by atoms with Crippen LogP contribution in [-0.4, -0.2) is 26.4 Å². The van der Waals surface area contributed by atoms with Crippen molar-refractivity contribution in [3.63, 3.8) is 0 Å². The Hall–Kier alpha value is -4.90. The Morgan fingerprint density at radius 1 is 0.744 bits per heavy atom. The predicted molar refractivity (Wildman–Crippen MR) is 152 cm³/mol. The van der Waals surface area contributed by atoms with E-state index in [1.807, 2.05) is 120 Å². The van der Waals surface area contributed by atoms with Crippen molar-refractivity contribution < 1.29 is 19.1 Å². The third-order valence-corrected chi connectivity index (χ3v) is 7.70. The van der Waals surface area contributed by atoms with Crippen LogP contribution in [0.1, 0.15) is 22.6 Å². The number of carbonyl (C=O) groups is 2. The molecule has 0 aromatic heterocycles. The molecule has 1 amide bonds. The van der Waals surface area contributed by atoms with Crippen LogP contribution in [-0.2, 0) is 15.1 Å². The van der Waals surface area contributed by atoms with Gasteiger partial charge in [-0.1, -0.05) is 72.8 Å². The first-order valence-electron chi connectivity index (χ1n) is 12.8. The minimum atomic E-state index is -1.01. The number of fused-ring (bicyclic) bond motifs is 1. The van der Waals surface area contributed by atoms with Gasteiger partial charge < -0.3 is 9.47 Å². The average molecular weight is 514 g/mol. The molecule has 1 heterocycles. The molecule has 1 aliphatic heterocycles. The van der Waals surface area contributed by atoms with Gasteiger partial charge in [0.15, 0.2) is 0 Å². The van der Waals surface area contributed by atoms with Crippen LogP contribution in [0.3, 0.4) is 0 Å². The fourth-order valence-electron chi connectivity index (χ4n) is 6.07. The minimum absolute atomic E-state index is 0.113. The maximum Gasteiger partial charge on any atom is 0.260 e. The molecule has 0 spiro atoms. The third kappa shape index (κ3) is 3.69. The van der Waals surface area contributed by atoms with Gasteiger partial charge in [-0.05, 0) is 64.7 Å². The first-order valence-corrected chi connectivity index (χ1v) is 12.8. The SMILES string of the molecule is COc1ccc([C@@H]2C(C=O)=CC3=C(c4ccccc4)C(=O)N(c4ccccc4)[C@@]32c2ccc(OC)cc2)cc1. The van der Waals surface area contributed by atoms with Gasteiger partial charge >= 0.3 is 0 Å². The maximum atomic E-state index is 14.6. The zero-order chi connectivity index (χ0) is 27.0. The molecule has 5 nitrogen and oxygen atoms in total. The van der Waals surface area contributed by atoms with Crippen LogP contribution in [0.5, 0.6) is 11.5 Å². The zero-order valence-electron chi connectivity index (χ0n) is 21.7. The molecule has 0 N–H and O–H groups in total. The first kappa shape index (κ1) is 24.4. The number of benzene rings is 4. The number of carbonyl (C=O) groups excluding carboxylic acids is 2. The lowest BCUT2D eigenvalue weighted by Gasteiger charge is -2.44. The Morgan fingerprint density at radius 2 is 1.31 bits per heavy atom. The molecule has 5 heteroatoms. The summed E-state index contributed by atoms with van der Waals surface area (Å²) >= 11 is 0. The molecular weight excluding hydrogens is 486 g/mol. The molecule has 1 aliphatic carbocycles. The number of nitrogens with zero attached hydrogens (tertiary/aromatic N) is 1. The number of anilines is 1. The van der Waals surface area contributed by atoms with Gasteiger partial charge in [-0.25, -0.2) is 0 Å².